The lowest BCUT2D eigenvalue weighted by atomic mass is 10.0. The number of likely N-dealkylation sites (tertiary alicyclic amines) is 1. The number of rotatable bonds is 10. The Morgan fingerprint density at radius 1 is 1.12 bits per heavy atom. The van der Waals surface area contributed by atoms with Crippen molar-refractivity contribution in [3.8, 4) is 5.75 Å². The van der Waals surface area contributed by atoms with E-state index in [2.05, 4.69) is 10.6 Å². The second kappa shape index (κ2) is 11.6. The summed E-state index contributed by atoms with van der Waals surface area (Å²) >= 11 is 0. The number of phenols is 1. The van der Waals surface area contributed by atoms with Gasteiger partial charge >= 0.3 is 5.97 Å². The Kier molecular flexibility index (Phi) is 9.18. The summed E-state index contributed by atoms with van der Waals surface area (Å²) in [6.07, 6.45) is 0.997. The van der Waals surface area contributed by atoms with Gasteiger partial charge in [0.15, 0.2) is 0 Å². The van der Waals surface area contributed by atoms with Crippen LogP contribution >= 0.6 is 0 Å². The van der Waals surface area contributed by atoms with Crippen LogP contribution in [0, 0.1) is 5.92 Å². The van der Waals surface area contributed by atoms with Crippen molar-refractivity contribution in [2.24, 2.45) is 11.7 Å². The molecule has 1 fully saturated rings. The minimum Gasteiger partial charge on any atom is -0.508 e. The van der Waals surface area contributed by atoms with E-state index in [-0.39, 0.29) is 24.6 Å². The quantitative estimate of drug-likeness (QED) is 0.254. The van der Waals surface area contributed by atoms with Gasteiger partial charge in [-0.1, -0.05) is 26.0 Å². The number of carbonyl (C=O) groups excluding carboxylic acids is 3. The summed E-state index contributed by atoms with van der Waals surface area (Å²) < 4.78 is 0. The summed E-state index contributed by atoms with van der Waals surface area (Å²) in [6.45, 7) is 2.91. The van der Waals surface area contributed by atoms with E-state index >= 15 is 0 Å². The molecule has 11 nitrogen and oxygen atoms in total. The first-order valence-electron chi connectivity index (χ1n) is 10.8. The third kappa shape index (κ3) is 6.90. The maximum atomic E-state index is 12.9. The lowest BCUT2D eigenvalue weighted by Gasteiger charge is -2.29. The van der Waals surface area contributed by atoms with Crippen molar-refractivity contribution in [3.05, 3.63) is 29.8 Å². The number of nitrogens with one attached hydrogen (secondary N) is 2. The number of nitrogens with two attached hydrogens (primary N) is 1. The molecule has 2 rings (SSSR count). The molecule has 1 aliphatic heterocycles. The molecule has 0 spiro atoms. The summed E-state index contributed by atoms with van der Waals surface area (Å²) in [7, 11) is 0. The molecule has 1 aromatic rings. The SMILES string of the molecule is CC(C)C(NC(=O)C(N)Cc1ccc(O)cc1)C(=O)NC(CO)C(=O)N1CCCC1C(=O)O. The second-order valence-electron chi connectivity index (χ2n) is 8.48. The normalized spacial score (nSPS) is 18.5. The van der Waals surface area contributed by atoms with Crippen molar-refractivity contribution >= 4 is 23.7 Å². The molecular weight excluding hydrogens is 432 g/mol. The first-order valence-corrected chi connectivity index (χ1v) is 10.8. The number of aromatic hydroxyl groups is 1. The molecule has 3 amide bonds. The molecule has 1 aromatic carbocycles. The molecule has 182 valence electrons. The van der Waals surface area contributed by atoms with Gasteiger partial charge < -0.3 is 36.6 Å². The molecule has 0 bridgehead atoms. The fraction of sp³-hybridized carbons (Fsp3) is 0.545. The number of carboxylic acid groups (broad SMARTS) is 1. The van der Waals surface area contributed by atoms with E-state index in [9.17, 15) is 34.5 Å². The molecule has 0 aliphatic carbocycles. The van der Waals surface area contributed by atoms with E-state index in [1.54, 1.807) is 26.0 Å². The monoisotopic (exact) mass is 464 g/mol. The predicted molar refractivity (Wildman–Crippen MR) is 118 cm³/mol. The van der Waals surface area contributed by atoms with Crippen molar-refractivity contribution in [1.29, 1.82) is 0 Å². The summed E-state index contributed by atoms with van der Waals surface area (Å²) in [5, 5.41) is 33.3. The molecule has 33 heavy (non-hydrogen) atoms. The topological polar surface area (TPSA) is 182 Å². The highest BCUT2D eigenvalue weighted by Gasteiger charge is 2.38. The van der Waals surface area contributed by atoms with Gasteiger partial charge in [0, 0.05) is 6.54 Å². The highest BCUT2D eigenvalue weighted by atomic mass is 16.4. The van der Waals surface area contributed by atoms with Crippen LogP contribution in [0.15, 0.2) is 24.3 Å². The zero-order chi connectivity index (χ0) is 24.7. The number of amides is 3. The Balaban J connectivity index is 2.02. The van der Waals surface area contributed by atoms with Gasteiger partial charge in [-0.3, -0.25) is 14.4 Å². The standard InChI is InChI=1S/C22H32N4O7/c1-12(2)18(25-19(29)15(23)10-13-5-7-14(28)8-6-13)20(30)24-16(11-27)21(31)26-9-3-4-17(26)22(32)33/h5-8,12,15-18,27-28H,3-4,9-11,23H2,1-2H3,(H,24,30)(H,25,29)(H,32,33). The van der Waals surface area contributed by atoms with Crippen molar-refractivity contribution in [2.45, 2.75) is 57.3 Å². The average Bonchev–Trinajstić information content (AvgIpc) is 3.26. The van der Waals surface area contributed by atoms with E-state index in [1.807, 2.05) is 0 Å². The number of aliphatic carboxylic acids is 1. The number of carbonyl (C=O) groups is 4. The van der Waals surface area contributed by atoms with Crippen LogP contribution < -0.4 is 16.4 Å². The van der Waals surface area contributed by atoms with Crippen LogP contribution in [0.25, 0.3) is 0 Å². The average molecular weight is 465 g/mol. The van der Waals surface area contributed by atoms with Gasteiger partial charge in [-0.2, -0.15) is 0 Å². The van der Waals surface area contributed by atoms with Gasteiger partial charge in [0.25, 0.3) is 0 Å². The van der Waals surface area contributed by atoms with Crippen molar-refractivity contribution in [2.75, 3.05) is 13.2 Å². The van der Waals surface area contributed by atoms with Crippen LogP contribution in [0.1, 0.15) is 32.3 Å². The molecule has 1 saturated heterocycles. The number of aliphatic hydroxyl groups excluding tert-OH is 1. The van der Waals surface area contributed by atoms with Crippen LogP contribution in [-0.4, -0.2) is 81.2 Å². The molecule has 0 saturated carbocycles. The number of hydrogen-bond donors (Lipinski definition) is 6. The first-order chi connectivity index (χ1) is 15.5. The Morgan fingerprint density at radius 2 is 1.76 bits per heavy atom. The molecule has 4 atom stereocenters. The molecule has 1 heterocycles. The summed E-state index contributed by atoms with van der Waals surface area (Å²) in [6, 6.07) is 1.91. The smallest absolute Gasteiger partial charge is 0.326 e. The van der Waals surface area contributed by atoms with Crippen LogP contribution in [0.4, 0.5) is 0 Å². The van der Waals surface area contributed by atoms with Gasteiger partial charge in [-0.25, -0.2) is 4.79 Å². The molecule has 0 aromatic heterocycles. The maximum Gasteiger partial charge on any atom is 0.326 e. The Morgan fingerprint density at radius 3 is 2.30 bits per heavy atom. The van der Waals surface area contributed by atoms with Gasteiger partial charge in [0.05, 0.1) is 12.6 Å². The van der Waals surface area contributed by atoms with Crippen molar-refractivity contribution in [3.63, 3.8) is 0 Å². The molecule has 11 heteroatoms. The summed E-state index contributed by atoms with van der Waals surface area (Å²) in [4.78, 5) is 50.7. The third-order valence-electron chi connectivity index (χ3n) is 5.59. The van der Waals surface area contributed by atoms with E-state index in [4.69, 9.17) is 5.73 Å². The predicted octanol–water partition coefficient (Wildman–Crippen LogP) is -1.04. The third-order valence-corrected chi connectivity index (χ3v) is 5.59. The largest absolute Gasteiger partial charge is 0.508 e. The highest BCUT2D eigenvalue weighted by molar-refractivity contribution is 5.94. The molecule has 7 N–H and O–H groups in total. The van der Waals surface area contributed by atoms with Gasteiger partial charge in [0.2, 0.25) is 17.7 Å². The number of benzene rings is 1. The molecule has 4 unspecified atom stereocenters. The van der Waals surface area contributed by atoms with E-state index < -0.39 is 54.5 Å². The zero-order valence-corrected chi connectivity index (χ0v) is 18.7. The molecular formula is C22H32N4O7. The zero-order valence-electron chi connectivity index (χ0n) is 18.7. The lowest BCUT2D eigenvalue weighted by Crippen LogP contribution is -2.59. The van der Waals surface area contributed by atoms with E-state index in [1.165, 1.54) is 12.1 Å². The van der Waals surface area contributed by atoms with Crippen LogP contribution in [0.3, 0.4) is 0 Å². The minimum absolute atomic E-state index is 0.0879. The maximum absolute atomic E-state index is 12.9. The fourth-order valence-corrected chi connectivity index (χ4v) is 3.71. The summed E-state index contributed by atoms with van der Waals surface area (Å²) in [5.41, 5.74) is 6.70. The highest BCUT2D eigenvalue weighted by Crippen LogP contribution is 2.18. The lowest BCUT2D eigenvalue weighted by molar-refractivity contribution is -0.150. The molecule has 1 aliphatic rings. The van der Waals surface area contributed by atoms with Crippen molar-refractivity contribution in [1.82, 2.24) is 15.5 Å². The van der Waals surface area contributed by atoms with Crippen molar-refractivity contribution < 1.29 is 34.5 Å². The number of carboxylic acids is 1. The minimum atomic E-state index is -1.33. The van der Waals surface area contributed by atoms with E-state index in [0.29, 0.717) is 12.8 Å². The first kappa shape index (κ1) is 26.1. The van der Waals surface area contributed by atoms with Crippen LogP contribution in [0.2, 0.25) is 0 Å². The van der Waals surface area contributed by atoms with Crippen LogP contribution in [0.5, 0.6) is 5.75 Å². The Hall–Kier alpha value is -3.18. The van der Waals surface area contributed by atoms with Crippen LogP contribution in [-0.2, 0) is 25.6 Å². The molecule has 0 radical (unpaired) electrons. The van der Waals surface area contributed by atoms with Gasteiger partial charge in [-0.15, -0.1) is 0 Å². The number of phenolic OH excluding ortho intramolecular Hbond substituents is 1. The Labute approximate surface area is 191 Å². The van der Waals surface area contributed by atoms with Gasteiger partial charge in [-0.05, 0) is 42.9 Å². The van der Waals surface area contributed by atoms with Gasteiger partial charge in [0.1, 0.15) is 23.9 Å². The number of nitrogens with zero attached hydrogens (tertiary/aromatic N) is 1. The fourth-order valence-electron chi connectivity index (χ4n) is 3.71. The number of hydrogen-bond acceptors (Lipinski definition) is 7. The second-order valence-corrected chi connectivity index (χ2v) is 8.48. The van der Waals surface area contributed by atoms with E-state index in [0.717, 1.165) is 10.5 Å². The summed E-state index contributed by atoms with van der Waals surface area (Å²) in [5.74, 6) is -3.36. The Bertz CT molecular complexity index is 859. The number of aliphatic hydroxyl groups is 1.